The molecule has 0 bridgehead atoms. The fourth-order valence-corrected chi connectivity index (χ4v) is 2.30. The summed E-state index contributed by atoms with van der Waals surface area (Å²) in [4.78, 5) is 14.0. The summed E-state index contributed by atoms with van der Waals surface area (Å²) < 4.78 is 1.02. The smallest absolute Gasteiger partial charge is 0.225 e. The van der Waals surface area contributed by atoms with Crippen molar-refractivity contribution in [1.82, 2.24) is 10.2 Å². The van der Waals surface area contributed by atoms with Crippen molar-refractivity contribution in [2.24, 2.45) is 0 Å². The number of carbonyl (C=O) groups excluding carboxylic acids is 1. The predicted octanol–water partition coefficient (Wildman–Crippen LogP) is 2.63. The van der Waals surface area contributed by atoms with Crippen LogP contribution in [0.5, 0.6) is 0 Å². The fraction of sp³-hybridized carbons (Fsp3) is 0.533. The molecule has 1 aromatic carbocycles. The number of hydrogen-bond donors (Lipinski definition) is 2. The van der Waals surface area contributed by atoms with Crippen LogP contribution in [0.1, 0.15) is 18.4 Å². The second kappa shape index (κ2) is 9.10. The summed E-state index contributed by atoms with van der Waals surface area (Å²) in [5, 5.41) is 6.22. The number of halogens is 1. The van der Waals surface area contributed by atoms with Gasteiger partial charge in [-0.15, -0.1) is 0 Å². The zero-order valence-corrected chi connectivity index (χ0v) is 14.1. The van der Waals surface area contributed by atoms with Crippen molar-refractivity contribution in [3.8, 4) is 0 Å². The van der Waals surface area contributed by atoms with Crippen molar-refractivity contribution >= 4 is 27.5 Å². The lowest BCUT2D eigenvalue weighted by molar-refractivity contribution is -0.116. The van der Waals surface area contributed by atoms with Crippen molar-refractivity contribution in [3.63, 3.8) is 0 Å². The summed E-state index contributed by atoms with van der Waals surface area (Å²) >= 11 is 3.41. The molecule has 0 saturated heterocycles. The molecule has 0 aromatic heterocycles. The van der Waals surface area contributed by atoms with E-state index in [9.17, 15) is 4.79 Å². The van der Waals surface area contributed by atoms with Gasteiger partial charge in [-0.1, -0.05) is 15.9 Å². The third-order valence-electron chi connectivity index (χ3n) is 2.95. The molecule has 112 valence electrons. The van der Waals surface area contributed by atoms with Crippen LogP contribution in [0, 0.1) is 6.92 Å². The lowest BCUT2D eigenvalue weighted by atomic mass is 10.2. The SMILES string of the molecule is Cc1cc(Br)ccc1NC(=O)CCNCCCN(C)C. The second-order valence-electron chi connectivity index (χ2n) is 5.16. The van der Waals surface area contributed by atoms with Crippen LogP contribution in [-0.2, 0) is 4.79 Å². The molecule has 5 heteroatoms. The van der Waals surface area contributed by atoms with Gasteiger partial charge in [0.1, 0.15) is 0 Å². The van der Waals surface area contributed by atoms with Gasteiger partial charge < -0.3 is 15.5 Å². The van der Waals surface area contributed by atoms with Gasteiger partial charge in [-0.3, -0.25) is 4.79 Å². The molecule has 0 atom stereocenters. The maximum Gasteiger partial charge on any atom is 0.225 e. The summed E-state index contributed by atoms with van der Waals surface area (Å²) in [6.45, 7) is 4.72. The molecular formula is C15H24BrN3O. The van der Waals surface area contributed by atoms with Crippen molar-refractivity contribution in [1.29, 1.82) is 0 Å². The Labute approximate surface area is 130 Å². The minimum Gasteiger partial charge on any atom is -0.326 e. The number of nitrogens with zero attached hydrogens (tertiary/aromatic N) is 1. The van der Waals surface area contributed by atoms with E-state index in [-0.39, 0.29) is 5.91 Å². The first kappa shape index (κ1) is 17.1. The van der Waals surface area contributed by atoms with E-state index in [1.165, 1.54) is 0 Å². The largest absolute Gasteiger partial charge is 0.326 e. The molecule has 0 spiro atoms. The lowest BCUT2D eigenvalue weighted by Gasteiger charge is -2.11. The summed E-state index contributed by atoms with van der Waals surface area (Å²) in [6, 6.07) is 5.85. The zero-order valence-electron chi connectivity index (χ0n) is 12.5. The van der Waals surface area contributed by atoms with Crippen LogP contribution in [0.2, 0.25) is 0 Å². The molecule has 0 aliphatic rings. The Bertz CT molecular complexity index is 435. The van der Waals surface area contributed by atoms with Crippen molar-refractivity contribution in [2.45, 2.75) is 19.8 Å². The molecule has 1 aromatic rings. The molecular weight excluding hydrogens is 318 g/mol. The van der Waals surface area contributed by atoms with E-state index < -0.39 is 0 Å². The third-order valence-corrected chi connectivity index (χ3v) is 3.44. The molecule has 20 heavy (non-hydrogen) atoms. The van der Waals surface area contributed by atoms with E-state index in [1.807, 2.05) is 25.1 Å². The Hall–Kier alpha value is -0.910. The lowest BCUT2D eigenvalue weighted by Crippen LogP contribution is -2.25. The topological polar surface area (TPSA) is 44.4 Å². The van der Waals surface area contributed by atoms with E-state index >= 15 is 0 Å². The van der Waals surface area contributed by atoms with Crippen LogP contribution < -0.4 is 10.6 Å². The van der Waals surface area contributed by atoms with Gasteiger partial charge in [-0.2, -0.15) is 0 Å². The number of hydrogen-bond acceptors (Lipinski definition) is 3. The Morgan fingerprint density at radius 3 is 2.70 bits per heavy atom. The van der Waals surface area contributed by atoms with Crippen LogP contribution in [0.15, 0.2) is 22.7 Å². The highest BCUT2D eigenvalue weighted by atomic mass is 79.9. The number of benzene rings is 1. The average Bonchev–Trinajstić information content (AvgIpc) is 2.36. The van der Waals surface area contributed by atoms with E-state index in [1.54, 1.807) is 0 Å². The molecule has 0 radical (unpaired) electrons. The van der Waals surface area contributed by atoms with Crippen LogP contribution in [0.25, 0.3) is 0 Å². The van der Waals surface area contributed by atoms with Crippen molar-refractivity contribution < 1.29 is 4.79 Å². The first-order valence-electron chi connectivity index (χ1n) is 6.90. The fourth-order valence-electron chi connectivity index (χ4n) is 1.83. The number of anilines is 1. The predicted molar refractivity (Wildman–Crippen MR) is 88.2 cm³/mol. The summed E-state index contributed by atoms with van der Waals surface area (Å²) in [6.07, 6.45) is 1.60. The van der Waals surface area contributed by atoms with Crippen LogP contribution in [0.3, 0.4) is 0 Å². The van der Waals surface area contributed by atoms with Gasteiger partial charge >= 0.3 is 0 Å². The monoisotopic (exact) mass is 341 g/mol. The summed E-state index contributed by atoms with van der Waals surface area (Å²) in [5.74, 6) is 0.0514. The first-order chi connectivity index (χ1) is 9.49. The zero-order chi connectivity index (χ0) is 15.0. The normalized spacial score (nSPS) is 10.8. The molecule has 0 unspecified atom stereocenters. The third kappa shape index (κ3) is 7.03. The van der Waals surface area contributed by atoms with Crippen molar-refractivity contribution in [3.05, 3.63) is 28.2 Å². The maximum absolute atomic E-state index is 11.8. The van der Waals surface area contributed by atoms with Gasteiger partial charge in [0.2, 0.25) is 5.91 Å². The van der Waals surface area contributed by atoms with Crippen molar-refractivity contribution in [2.75, 3.05) is 39.0 Å². The van der Waals surface area contributed by atoms with Gasteiger partial charge in [0.25, 0.3) is 0 Å². The molecule has 4 nitrogen and oxygen atoms in total. The molecule has 1 rings (SSSR count). The maximum atomic E-state index is 11.8. The molecule has 2 N–H and O–H groups in total. The Morgan fingerprint density at radius 1 is 1.30 bits per heavy atom. The average molecular weight is 342 g/mol. The van der Waals surface area contributed by atoms with Gasteiger partial charge in [0, 0.05) is 23.1 Å². The second-order valence-corrected chi connectivity index (χ2v) is 6.08. The molecule has 0 aliphatic heterocycles. The molecule has 1 amide bonds. The van der Waals surface area contributed by atoms with E-state index in [0.29, 0.717) is 6.42 Å². The number of amides is 1. The van der Waals surface area contributed by atoms with E-state index in [0.717, 1.165) is 41.8 Å². The van der Waals surface area contributed by atoms with Gasteiger partial charge in [0.15, 0.2) is 0 Å². The molecule has 0 aliphatic carbocycles. The number of rotatable bonds is 8. The molecule has 0 heterocycles. The van der Waals surface area contributed by atoms with Crippen LogP contribution >= 0.6 is 15.9 Å². The number of nitrogens with one attached hydrogen (secondary N) is 2. The van der Waals surface area contributed by atoms with E-state index in [2.05, 4.69) is 45.6 Å². The summed E-state index contributed by atoms with van der Waals surface area (Å²) in [5.41, 5.74) is 1.94. The minimum absolute atomic E-state index is 0.0514. The van der Waals surface area contributed by atoms with Crippen LogP contribution in [0.4, 0.5) is 5.69 Å². The highest BCUT2D eigenvalue weighted by molar-refractivity contribution is 9.10. The first-order valence-corrected chi connectivity index (χ1v) is 7.70. The number of aryl methyl sites for hydroxylation is 1. The van der Waals surface area contributed by atoms with Gasteiger partial charge in [-0.05, 0) is 64.3 Å². The number of carbonyl (C=O) groups is 1. The highest BCUT2D eigenvalue weighted by Crippen LogP contribution is 2.19. The Balaban J connectivity index is 2.20. The summed E-state index contributed by atoms with van der Waals surface area (Å²) in [7, 11) is 4.13. The molecule has 0 saturated carbocycles. The Kier molecular flexibility index (Phi) is 7.80. The van der Waals surface area contributed by atoms with Crippen LogP contribution in [-0.4, -0.2) is 44.5 Å². The highest BCUT2D eigenvalue weighted by Gasteiger charge is 2.04. The van der Waals surface area contributed by atoms with Gasteiger partial charge in [-0.25, -0.2) is 0 Å². The minimum atomic E-state index is 0.0514. The molecule has 0 fully saturated rings. The quantitative estimate of drug-likeness (QED) is 0.714. The Morgan fingerprint density at radius 2 is 2.05 bits per heavy atom. The standard InChI is InChI=1S/C15H24BrN3O/c1-12-11-13(16)5-6-14(12)18-15(20)7-9-17-8-4-10-19(2)3/h5-6,11,17H,4,7-10H2,1-3H3,(H,18,20). The van der Waals surface area contributed by atoms with E-state index in [4.69, 9.17) is 0 Å². The van der Waals surface area contributed by atoms with Gasteiger partial charge in [0.05, 0.1) is 0 Å².